The summed E-state index contributed by atoms with van der Waals surface area (Å²) in [5.41, 5.74) is 2.29. The third-order valence-corrected chi connectivity index (χ3v) is 8.52. The normalized spacial score (nSPS) is 17.2. The van der Waals surface area contributed by atoms with Gasteiger partial charge in [-0.05, 0) is 69.0 Å². The van der Waals surface area contributed by atoms with Crippen molar-refractivity contribution in [1.29, 1.82) is 0 Å². The summed E-state index contributed by atoms with van der Waals surface area (Å²) in [4.78, 5) is 12.8. The Bertz CT molecular complexity index is 1480. The minimum atomic E-state index is -4.54. The van der Waals surface area contributed by atoms with Crippen molar-refractivity contribution >= 4 is 33.8 Å². The molecule has 1 aliphatic rings. The standard InChI is InChI=1S/C27H28F3N3O4S/c1-17-9-10-18(2)20(14-17)11-12-24-25(19(3)32-37-24)38(35,36)33-13-5-6-21(16-33)26(34)31-23-8-4-7-22(15-23)27(28,29)30/h4,7-12,14-15,21H,5-6,13,16H2,1-3H3,(H,31,34)/b12-11+. The first kappa shape index (κ1) is 27.6. The summed E-state index contributed by atoms with van der Waals surface area (Å²) in [7, 11) is -4.07. The lowest BCUT2D eigenvalue weighted by Gasteiger charge is -2.31. The fourth-order valence-electron chi connectivity index (χ4n) is 4.43. The molecular formula is C27H28F3N3O4S. The summed E-state index contributed by atoms with van der Waals surface area (Å²) in [6.45, 7) is 5.52. The zero-order valence-corrected chi connectivity index (χ0v) is 22.0. The Kier molecular flexibility index (Phi) is 7.80. The van der Waals surface area contributed by atoms with Gasteiger partial charge in [0.2, 0.25) is 15.9 Å². The molecule has 0 spiro atoms. The smallest absolute Gasteiger partial charge is 0.355 e. The quantitative estimate of drug-likeness (QED) is 0.419. The molecule has 1 fully saturated rings. The molecule has 2 aromatic carbocycles. The number of nitrogens with one attached hydrogen (secondary N) is 1. The molecule has 7 nitrogen and oxygen atoms in total. The van der Waals surface area contributed by atoms with Crippen molar-refractivity contribution in [3.8, 4) is 0 Å². The maximum absolute atomic E-state index is 13.6. The summed E-state index contributed by atoms with van der Waals surface area (Å²) in [5, 5.41) is 6.36. The van der Waals surface area contributed by atoms with Gasteiger partial charge in [-0.3, -0.25) is 4.79 Å². The van der Waals surface area contributed by atoms with Crippen molar-refractivity contribution in [1.82, 2.24) is 9.46 Å². The third-order valence-electron chi connectivity index (χ3n) is 6.49. The van der Waals surface area contributed by atoms with Crippen molar-refractivity contribution in [2.75, 3.05) is 18.4 Å². The number of sulfonamides is 1. The van der Waals surface area contributed by atoms with Crippen LogP contribution in [0.1, 0.15) is 46.5 Å². The molecule has 0 radical (unpaired) electrons. The molecule has 0 saturated carbocycles. The average molecular weight is 548 g/mol. The summed E-state index contributed by atoms with van der Waals surface area (Å²) in [5.74, 6) is -1.19. The molecule has 1 N–H and O–H groups in total. The van der Waals surface area contributed by atoms with Gasteiger partial charge in [0.15, 0.2) is 10.7 Å². The zero-order chi connectivity index (χ0) is 27.7. The number of alkyl halides is 3. The van der Waals surface area contributed by atoms with Crippen LogP contribution in [-0.4, -0.2) is 36.9 Å². The Morgan fingerprint density at radius 3 is 2.63 bits per heavy atom. The SMILES string of the molecule is Cc1ccc(C)c(/C=C/c2onc(C)c2S(=O)(=O)N2CCCC(C(=O)Nc3cccc(C(F)(F)F)c3)C2)c1. The van der Waals surface area contributed by atoms with Gasteiger partial charge in [0.05, 0.1) is 11.5 Å². The Hall–Kier alpha value is -3.44. The second-order valence-electron chi connectivity index (χ2n) is 9.42. The molecule has 0 aliphatic carbocycles. The van der Waals surface area contributed by atoms with Gasteiger partial charge >= 0.3 is 6.18 Å². The maximum Gasteiger partial charge on any atom is 0.416 e. The number of rotatable bonds is 6. The number of hydrogen-bond acceptors (Lipinski definition) is 5. The zero-order valence-electron chi connectivity index (χ0n) is 21.2. The molecule has 11 heteroatoms. The van der Waals surface area contributed by atoms with E-state index in [1.807, 2.05) is 32.0 Å². The summed E-state index contributed by atoms with van der Waals surface area (Å²) < 4.78 is 72.9. The van der Waals surface area contributed by atoms with E-state index in [4.69, 9.17) is 4.52 Å². The van der Waals surface area contributed by atoms with E-state index in [1.165, 1.54) is 23.4 Å². The second kappa shape index (κ2) is 10.7. The van der Waals surface area contributed by atoms with Crippen molar-refractivity contribution < 1.29 is 30.9 Å². The summed E-state index contributed by atoms with van der Waals surface area (Å²) in [6, 6.07) is 10.3. The monoisotopic (exact) mass is 547 g/mol. The van der Waals surface area contributed by atoms with Gasteiger partial charge in [-0.1, -0.05) is 41.1 Å². The highest BCUT2D eigenvalue weighted by atomic mass is 32.2. The lowest BCUT2D eigenvalue weighted by atomic mass is 9.98. The van der Waals surface area contributed by atoms with Gasteiger partial charge in [-0.2, -0.15) is 17.5 Å². The first-order chi connectivity index (χ1) is 17.9. The molecule has 38 heavy (non-hydrogen) atoms. The highest BCUT2D eigenvalue weighted by Gasteiger charge is 2.37. The number of carbonyl (C=O) groups excluding carboxylic acids is 1. The lowest BCUT2D eigenvalue weighted by Crippen LogP contribution is -2.43. The topological polar surface area (TPSA) is 92.5 Å². The van der Waals surface area contributed by atoms with Crippen LogP contribution in [0.3, 0.4) is 0 Å². The van der Waals surface area contributed by atoms with Gasteiger partial charge < -0.3 is 9.84 Å². The van der Waals surface area contributed by atoms with Gasteiger partial charge in [0.25, 0.3) is 0 Å². The van der Waals surface area contributed by atoms with Crippen LogP contribution >= 0.6 is 0 Å². The van der Waals surface area contributed by atoms with E-state index in [-0.39, 0.29) is 35.1 Å². The van der Waals surface area contributed by atoms with Crippen LogP contribution in [0.2, 0.25) is 0 Å². The van der Waals surface area contributed by atoms with E-state index >= 15 is 0 Å². The van der Waals surface area contributed by atoms with Gasteiger partial charge in [0.1, 0.15) is 5.69 Å². The Labute approximate surface area is 219 Å². The molecule has 1 saturated heterocycles. The van der Waals surface area contributed by atoms with Crippen LogP contribution in [0.15, 0.2) is 51.9 Å². The van der Waals surface area contributed by atoms with Crippen LogP contribution in [0, 0.1) is 26.7 Å². The molecule has 1 unspecified atom stereocenters. The number of amides is 1. The Balaban J connectivity index is 1.53. The predicted octanol–water partition coefficient (Wildman–Crippen LogP) is 5.83. The molecule has 1 aliphatic heterocycles. The van der Waals surface area contributed by atoms with E-state index in [9.17, 15) is 26.4 Å². The Morgan fingerprint density at radius 1 is 1.13 bits per heavy atom. The molecular weight excluding hydrogens is 519 g/mol. The van der Waals surface area contributed by atoms with Crippen molar-refractivity contribution in [3.63, 3.8) is 0 Å². The second-order valence-corrected chi connectivity index (χ2v) is 11.3. The molecule has 0 bridgehead atoms. The molecule has 3 aromatic rings. The predicted molar refractivity (Wildman–Crippen MR) is 138 cm³/mol. The van der Waals surface area contributed by atoms with Gasteiger partial charge in [0, 0.05) is 18.8 Å². The first-order valence-electron chi connectivity index (χ1n) is 12.1. The molecule has 1 amide bonds. The number of piperidine rings is 1. The largest absolute Gasteiger partial charge is 0.416 e. The lowest BCUT2D eigenvalue weighted by molar-refractivity contribution is -0.137. The highest BCUT2D eigenvalue weighted by molar-refractivity contribution is 7.89. The summed E-state index contributed by atoms with van der Waals surface area (Å²) >= 11 is 0. The van der Waals surface area contributed by atoms with Crippen molar-refractivity contribution in [2.24, 2.45) is 5.92 Å². The fraction of sp³-hybridized carbons (Fsp3) is 0.333. The molecule has 4 rings (SSSR count). The maximum atomic E-state index is 13.6. The van der Waals surface area contributed by atoms with Crippen LogP contribution in [0.4, 0.5) is 18.9 Å². The number of anilines is 1. The van der Waals surface area contributed by atoms with E-state index in [0.717, 1.165) is 28.8 Å². The number of aryl methyl sites for hydroxylation is 3. The number of aromatic nitrogens is 1. The number of carbonyl (C=O) groups is 1. The highest BCUT2D eigenvalue weighted by Crippen LogP contribution is 2.32. The number of hydrogen-bond donors (Lipinski definition) is 1. The van der Waals surface area contributed by atoms with Crippen molar-refractivity contribution in [3.05, 3.63) is 76.2 Å². The number of benzene rings is 2. The molecule has 1 atom stereocenters. The van der Waals surface area contributed by atoms with Crippen LogP contribution < -0.4 is 5.32 Å². The summed E-state index contributed by atoms with van der Waals surface area (Å²) in [6.07, 6.45) is -0.396. The van der Waals surface area contributed by atoms with E-state index < -0.39 is 33.6 Å². The minimum Gasteiger partial charge on any atom is -0.355 e. The van der Waals surface area contributed by atoms with Gasteiger partial charge in [-0.25, -0.2) is 8.42 Å². The fourth-order valence-corrected chi connectivity index (χ4v) is 6.20. The van der Waals surface area contributed by atoms with Crippen LogP contribution in [0.25, 0.3) is 12.2 Å². The molecule has 202 valence electrons. The molecule has 1 aromatic heterocycles. The third kappa shape index (κ3) is 5.99. The Morgan fingerprint density at radius 2 is 1.89 bits per heavy atom. The first-order valence-corrected chi connectivity index (χ1v) is 13.5. The van der Waals surface area contributed by atoms with E-state index in [2.05, 4.69) is 10.5 Å². The minimum absolute atomic E-state index is 0.00134. The van der Waals surface area contributed by atoms with Gasteiger partial charge in [-0.15, -0.1) is 0 Å². The number of halogens is 3. The number of nitrogens with zero attached hydrogens (tertiary/aromatic N) is 2. The molecule has 2 heterocycles. The average Bonchev–Trinajstić information content (AvgIpc) is 3.25. The van der Waals surface area contributed by atoms with Crippen LogP contribution in [0.5, 0.6) is 0 Å². The van der Waals surface area contributed by atoms with Crippen molar-refractivity contribution in [2.45, 2.75) is 44.7 Å². The van der Waals surface area contributed by atoms with E-state index in [1.54, 1.807) is 12.2 Å². The van der Waals surface area contributed by atoms with E-state index in [0.29, 0.717) is 12.8 Å². The van der Waals surface area contributed by atoms with Crippen LogP contribution in [-0.2, 0) is 21.0 Å².